The lowest BCUT2D eigenvalue weighted by molar-refractivity contribution is 0.648. The van der Waals surface area contributed by atoms with E-state index in [0.717, 1.165) is 6.54 Å². The topological polar surface area (TPSA) is 12.0 Å². The summed E-state index contributed by atoms with van der Waals surface area (Å²) >= 11 is 11.8. The van der Waals surface area contributed by atoms with E-state index < -0.39 is 0 Å². The highest BCUT2D eigenvalue weighted by Gasteiger charge is 2.16. The first kappa shape index (κ1) is 12.1. The highest BCUT2D eigenvalue weighted by atomic mass is 35.5. The minimum absolute atomic E-state index is 0. The molecule has 78 valence electrons. The maximum Gasteiger partial charge on any atom is 0.0595 e. The molecule has 1 atom stereocenters. The summed E-state index contributed by atoms with van der Waals surface area (Å²) in [6, 6.07) is 6.32. The van der Waals surface area contributed by atoms with Crippen LogP contribution in [0.1, 0.15) is 24.4 Å². The van der Waals surface area contributed by atoms with E-state index in [4.69, 9.17) is 23.2 Å². The molecule has 0 bridgehead atoms. The Kier molecular flexibility index (Phi) is 4.52. The molecule has 1 nitrogen and oxygen atoms in total. The summed E-state index contributed by atoms with van der Waals surface area (Å²) in [6.07, 6.45) is 2.43. The Bertz CT molecular complexity index is 308. The SMILES string of the molecule is Cl.Clc1ccc([C@H]2CCCN2)cc1Cl. The molecule has 14 heavy (non-hydrogen) atoms. The quantitative estimate of drug-likeness (QED) is 0.801. The van der Waals surface area contributed by atoms with Crippen LogP contribution in [-0.2, 0) is 0 Å². The third-order valence-electron chi connectivity index (χ3n) is 2.41. The van der Waals surface area contributed by atoms with Crippen molar-refractivity contribution in [3.8, 4) is 0 Å². The van der Waals surface area contributed by atoms with Gasteiger partial charge in [-0.25, -0.2) is 0 Å². The molecule has 0 unspecified atom stereocenters. The highest BCUT2D eigenvalue weighted by molar-refractivity contribution is 6.42. The number of nitrogens with one attached hydrogen (secondary N) is 1. The van der Waals surface area contributed by atoms with Crippen molar-refractivity contribution in [3.63, 3.8) is 0 Å². The van der Waals surface area contributed by atoms with Gasteiger partial charge in [-0.05, 0) is 37.1 Å². The zero-order chi connectivity index (χ0) is 9.26. The Hall–Kier alpha value is 0.0500. The Balaban J connectivity index is 0.000000980. The third-order valence-corrected chi connectivity index (χ3v) is 3.15. The summed E-state index contributed by atoms with van der Waals surface area (Å²) in [4.78, 5) is 0. The van der Waals surface area contributed by atoms with Gasteiger partial charge in [-0.15, -0.1) is 12.4 Å². The third kappa shape index (κ3) is 2.54. The van der Waals surface area contributed by atoms with E-state index >= 15 is 0 Å². The zero-order valence-electron chi connectivity index (χ0n) is 7.59. The summed E-state index contributed by atoms with van der Waals surface area (Å²) in [5.41, 5.74) is 1.24. The minimum Gasteiger partial charge on any atom is -0.310 e. The smallest absolute Gasteiger partial charge is 0.0595 e. The Morgan fingerprint density at radius 3 is 2.57 bits per heavy atom. The van der Waals surface area contributed by atoms with Crippen molar-refractivity contribution in [1.29, 1.82) is 0 Å². The fraction of sp³-hybridized carbons (Fsp3) is 0.400. The molecular formula is C10H12Cl3N. The Morgan fingerprint density at radius 2 is 2.00 bits per heavy atom. The van der Waals surface area contributed by atoms with Crippen LogP contribution in [0, 0.1) is 0 Å². The Labute approximate surface area is 100 Å². The summed E-state index contributed by atoms with van der Waals surface area (Å²) in [5.74, 6) is 0. The van der Waals surface area contributed by atoms with Gasteiger partial charge in [0.05, 0.1) is 10.0 Å². The fourth-order valence-corrected chi connectivity index (χ4v) is 2.00. The van der Waals surface area contributed by atoms with Crippen molar-refractivity contribution in [2.24, 2.45) is 0 Å². The summed E-state index contributed by atoms with van der Waals surface area (Å²) in [5, 5.41) is 4.69. The molecule has 1 aromatic carbocycles. The Morgan fingerprint density at radius 1 is 1.21 bits per heavy atom. The first-order valence-electron chi connectivity index (χ1n) is 4.46. The van der Waals surface area contributed by atoms with Crippen molar-refractivity contribution in [1.82, 2.24) is 5.32 Å². The van der Waals surface area contributed by atoms with E-state index in [9.17, 15) is 0 Å². The second-order valence-electron chi connectivity index (χ2n) is 3.32. The van der Waals surface area contributed by atoms with Gasteiger partial charge in [-0.1, -0.05) is 29.3 Å². The summed E-state index contributed by atoms with van der Waals surface area (Å²) in [6.45, 7) is 1.10. The van der Waals surface area contributed by atoms with E-state index in [0.29, 0.717) is 16.1 Å². The van der Waals surface area contributed by atoms with Gasteiger partial charge >= 0.3 is 0 Å². The van der Waals surface area contributed by atoms with Gasteiger partial charge in [0, 0.05) is 6.04 Å². The van der Waals surface area contributed by atoms with Crippen LogP contribution in [0.4, 0.5) is 0 Å². The van der Waals surface area contributed by atoms with Gasteiger partial charge in [0.2, 0.25) is 0 Å². The van der Waals surface area contributed by atoms with Crippen LogP contribution in [0.5, 0.6) is 0 Å². The predicted octanol–water partition coefficient (Wildman–Crippen LogP) is 3.84. The molecule has 1 heterocycles. The largest absolute Gasteiger partial charge is 0.310 e. The molecule has 0 aliphatic carbocycles. The molecular weight excluding hydrogens is 240 g/mol. The van der Waals surface area contributed by atoms with Gasteiger partial charge in [0.1, 0.15) is 0 Å². The molecule has 1 aliphatic heterocycles. The lowest BCUT2D eigenvalue weighted by atomic mass is 10.1. The second kappa shape index (κ2) is 5.22. The number of hydrogen-bond acceptors (Lipinski definition) is 1. The lowest BCUT2D eigenvalue weighted by Crippen LogP contribution is -2.12. The first-order chi connectivity index (χ1) is 6.27. The van der Waals surface area contributed by atoms with Crippen LogP contribution < -0.4 is 5.32 Å². The van der Waals surface area contributed by atoms with Crippen molar-refractivity contribution < 1.29 is 0 Å². The van der Waals surface area contributed by atoms with Crippen molar-refractivity contribution in [3.05, 3.63) is 33.8 Å². The first-order valence-corrected chi connectivity index (χ1v) is 5.21. The number of benzene rings is 1. The van der Waals surface area contributed by atoms with Crippen molar-refractivity contribution in [2.75, 3.05) is 6.54 Å². The van der Waals surface area contributed by atoms with Gasteiger partial charge in [0.15, 0.2) is 0 Å². The molecule has 0 saturated carbocycles. The second-order valence-corrected chi connectivity index (χ2v) is 4.14. The lowest BCUT2D eigenvalue weighted by Gasteiger charge is -2.10. The van der Waals surface area contributed by atoms with Crippen LogP contribution in [-0.4, -0.2) is 6.54 Å². The zero-order valence-corrected chi connectivity index (χ0v) is 9.92. The van der Waals surface area contributed by atoms with Crippen molar-refractivity contribution >= 4 is 35.6 Å². The van der Waals surface area contributed by atoms with Crippen LogP contribution in [0.25, 0.3) is 0 Å². The van der Waals surface area contributed by atoms with Crippen molar-refractivity contribution in [2.45, 2.75) is 18.9 Å². The van der Waals surface area contributed by atoms with E-state index in [1.54, 1.807) is 0 Å². The maximum absolute atomic E-state index is 5.93. The summed E-state index contributed by atoms with van der Waals surface area (Å²) < 4.78 is 0. The molecule has 2 rings (SSSR count). The maximum atomic E-state index is 5.93. The molecule has 1 saturated heterocycles. The van der Waals surface area contributed by atoms with E-state index in [1.807, 2.05) is 18.2 Å². The average molecular weight is 253 g/mol. The molecule has 1 fully saturated rings. The van der Waals surface area contributed by atoms with Crippen LogP contribution >= 0.6 is 35.6 Å². The van der Waals surface area contributed by atoms with Gasteiger partial charge in [0.25, 0.3) is 0 Å². The van der Waals surface area contributed by atoms with E-state index in [1.165, 1.54) is 18.4 Å². The standard InChI is InChI=1S/C10H11Cl2N.ClH/c11-8-4-3-7(6-9(8)12)10-2-1-5-13-10;/h3-4,6,10,13H,1-2,5H2;1H/t10-;/m1./s1. The number of hydrogen-bond donors (Lipinski definition) is 1. The molecule has 0 aromatic heterocycles. The highest BCUT2D eigenvalue weighted by Crippen LogP contribution is 2.29. The van der Waals surface area contributed by atoms with Crippen LogP contribution in [0.3, 0.4) is 0 Å². The van der Waals surface area contributed by atoms with E-state index in [-0.39, 0.29) is 12.4 Å². The van der Waals surface area contributed by atoms with Gasteiger partial charge in [-0.2, -0.15) is 0 Å². The molecule has 0 amide bonds. The molecule has 1 aliphatic rings. The monoisotopic (exact) mass is 251 g/mol. The summed E-state index contributed by atoms with van der Waals surface area (Å²) in [7, 11) is 0. The van der Waals surface area contributed by atoms with Gasteiger partial charge < -0.3 is 5.32 Å². The number of rotatable bonds is 1. The molecule has 4 heteroatoms. The van der Waals surface area contributed by atoms with E-state index in [2.05, 4.69) is 5.32 Å². The minimum atomic E-state index is 0. The van der Waals surface area contributed by atoms with Crippen LogP contribution in [0.15, 0.2) is 18.2 Å². The van der Waals surface area contributed by atoms with Gasteiger partial charge in [-0.3, -0.25) is 0 Å². The number of halogens is 3. The molecule has 0 spiro atoms. The normalized spacial score (nSPS) is 20.6. The average Bonchev–Trinajstić information content (AvgIpc) is 2.62. The predicted molar refractivity (Wildman–Crippen MR) is 63.7 cm³/mol. The molecule has 0 radical (unpaired) electrons. The molecule has 1 N–H and O–H groups in total. The van der Waals surface area contributed by atoms with Crippen LogP contribution in [0.2, 0.25) is 10.0 Å². The molecule has 1 aromatic rings. The fourth-order valence-electron chi connectivity index (χ4n) is 1.70.